The highest BCUT2D eigenvalue weighted by atomic mass is 16.3. The maximum Gasteiger partial charge on any atom is 0.240 e. The highest BCUT2D eigenvalue weighted by molar-refractivity contribution is 5.86. The van der Waals surface area contributed by atoms with Gasteiger partial charge in [-0.05, 0) is 13.3 Å². The number of aliphatic hydroxyl groups excluding tert-OH is 3. The van der Waals surface area contributed by atoms with E-state index in [9.17, 15) is 4.79 Å². The number of rotatable bonds is 7. The van der Waals surface area contributed by atoms with Crippen LogP contribution in [0.25, 0.3) is 0 Å². The minimum Gasteiger partial charge on any atom is -0.394 e. The summed E-state index contributed by atoms with van der Waals surface area (Å²) >= 11 is 0. The second-order valence-corrected chi connectivity index (χ2v) is 4.38. The van der Waals surface area contributed by atoms with Crippen LogP contribution in [0.5, 0.6) is 0 Å². The van der Waals surface area contributed by atoms with Gasteiger partial charge in [0.2, 0.25) is 5.91 Å². The molecule has 1 atom stereocenters. The maximum atomic E-state index is 11.8. The van der Waals surface area contributed by atoms with E-state index in [1.54, 1.807) is 6.92 Å². The fraction of sp³-hybridized carbons (Fsp3) is 0.900. The average molecular weight is 234 g/mol. The van der Waals surface area contributed by atoms with Gasteiger partial charge in [-0.3, -0.25) is 4.79 Å². The molecule has 0 aromatic rings. The molecule has 1 unspecified atom stereocenters. The molecule has 0 saturated heterocycles. The Morgan fingerprint density at radius 1 is 1.25 bits per heavy atom. The average Bonchev–Trinajstić information content (AvgIpc) is 2.25. The molecule has 0 rings (SSSR count). The number of carbonyl (C=O) groups excluding carboxylic acids is 1. The van der Waals surface area contributed by atoms with Crippen LogP contribution in [-0.4, -0.2) is 52.1 Å². The largest absolute Gasteiger partial charge is 0.394 e. The van der Waals surface area contributed by atoms with Crippen molar-refractivity contribution >= 4 is 5.91 Å². The smallest absolute Gasteiger partial charge is 0.240 e. The molecule has 0 aromatic heterocycles. The zero-order chi connectivity index (χ0) is 12.8. The molecule has 0 aliphatic rings. The molecule has 1 amide bonds. The van der Waals surface area contributed by atoms with Gasteiger partial charge in [0.25, 0.3) is 0 Å². The van der Waals surface area contributed by atoms with Gasteiger partial charge >= 0.3 is 0 Å². The van der Waals surface area contributed by atoms with Gasteiger partial charge < -0.3 is 26.4 Å². The van der Waals surface area contributed by atoms with E-state index in [0.29, 0.717) is 6.42 Å². The van der Waals surface area contributed by atoms with Gasteiger partial charge in [-0.2, -0.15) is 0 Å². The van der Waals surface area contributed by atoms with Crippen LogP contribution in [0.4, 0.5) is 0 Å². The van der Waals surface area contributed by atoms with Crippen molar-refractivity contribution in [1.29, 1.82) is 0 Å². The molecule has 0 aliphatic heterocycles. The van der Waals surface area contributed by atoms with Crippen LogP contribution in [0, 0.1) is 0 Å². The lowest BCUT2D eigenvalue weighted by atomic mass is 9.94. The Balaban J connectivity index is 4.63. The maximum absolute atomic E-state index is 11.8. The molecule has 0 fully saturated rings. The molecule has 0 spiro atoms. The first kappa shape index (κ1) is 15.3. The third kappa shape index (κ3) is 3.71. The van der Waals surface area contributed by atoms with Crippen LogP contribution < -0.4 is 11.1 Å². The highest BCUT2D eigenvalue weighted by Gasteiger charge is 2.36. The second-order valence-electron chi connectivity index (χ2n) is 4.38. The van der Waals surface area contributed by atoms with Crippen molar-refractivity contribution in [3.8, 4) is 0 Å². The van der Waals surface area contributed by atoms with E-state index in [2.05, 4.69) is 5.32 Å². The Labute approximate surface area is 95.5 Å². The van der Waals surface area contributed by atoms with E-state index in [4.69, 9.17) is 21.1 Å². The van der Waals surface area contributed by atoms with Gasteiger partial charge in [0.05, 0.1) is 25.4 Å². The van der Waals surface area contributed by atoms with Crippen molar-refractivity contribution in [3.05, 3.63) is 0 Å². The molecule has 0 radical (unpaired) electrons. The molecule has 0 aliphatic carbocycles. The molecule has 0 aromatic carbocycles. The number of carbonyl (C=O) groups is 1. The van der Waals surface area contributed by atoms with Crippen molar-refractivity contribution in [1.82, 2.24) is 5.32 Å². The third-order valence-corrected chi connectivity index (χ3v) is 2.57. The van der Waals surface area contributed by atoms with Gasteiger partial charge in [0, 0.05) is 0 Å². The van der Waals surface area contributed by atoms with Gasteiger partial charge in [0.15, 0.2) is 0 Å². The molecule has 6 N–H and O–H groups in total. The lowest BCUT2D eigenvalue weighted by Crippen LogP contribution is -2.63. The fourth-order valence-corrected chi connectivity index (χ4v) is 1.29. The number of nitrogens with two attached hydrogens (primary N) is 1. The van der Waals surface area contributed by atoms with Crippen LogP contribution in [0.1, 0.15) is 26.7 Å². The Morgan fingerprint density at radius 3 is 2.00 bits per heavy atom. The number of aliphatic hydroxyl groups is 3. The summed E-state index contributed by atoms with van der Waals surface area (Å²) in [6.07, 6.45) is 1.22. The van der Waals surface area contributed by atoms with Crippen molar-refractivity contribution < 1.29 is 20.1 Å². The van der Waals surface area contributed by atoms with Crippen molar-refractivity contribution in [2.75, 3.05) is 19.8 Å². The van der Waals surface area contributed by atoms with E-state index in [1.807, 2.05) is 6.92 Å². The molecule has 6 nitrogen and oxygen atoms in total. The van der Waals surface area contributed by atoms with Gasteiger partial charge in [0.1, 0.15) is 5.54 Å². The van der Waals surface area contributed by atoms with E-state index >= 15 is 0 Å². The highest BCUT2D eigenvalue weighted by Crippen LogP contribution is 2.11. The van der Waals surface area contributed by atoms with Crippen LogP contribution >= 0.6 is 0 Å². The Bertz CT molecular complexity index is 219. The predicted octanol–water partition coefficient (Wildman–Crippen LogP) is -1.66. The summed E-state index contributed by atoms with van der Waals surface area (Å²) in [5.41, 5.74) is 3.30. The molecule has 16 heavy (non-hydrogen) atoms. The van der Waals surface area contributed by atoms with E-state index in [0.717, 1.165) is 6.42 Å². The first-order chi connectivity index (χ1) is 7.37. The minimum absolute atomic E-state index is 0.483. The number of hydrogen-bond acceptors (Lipinski definition) is 5. The normalized spacial score (nSPS) is 15.6. The summed E-state index contributed by atoms with van der Waals surface area (Å²) in [5, 5.41) is 29.5. The van der Waals surface area contributed by atoms with Crippen molar-refractivity contribution in [3.63, 3.8) is 0 Å². The number of amides is 1. The first-order valence-electron chi connectivity index (χ1n) is 5.31. The quantitative estimate of drug-likeness (QED) is 0.361. The summed E-state index contributed by atoms with van der Waals surface area (Å²) < 4.78 is 0. The summed E-state index contributed by atoms with van der Waals surface area (Å²) in [6, 6.07) is 0. The van der Waals surface area contributed by atoms with Crippen molar-refractivity contribution in [2.45, 2.75) is 37.8 Å². The summed E-state index contributed by atoms with van der Waals surface area (Å²) in [4.78, 5) is 11.8. The van der Waals surface area contributed by atoms with Crippen LogP contribution in [0.3, 0.4) is 0 Å². The Hall–Kier alpha value is -0.690. The molecular formula is C10H22N2O4. The van der Waals surface area contributed by atoms with Crippen LogP contribution in [0.15, 0.2) is 0 Å². The topological polar surface area (TPSA) is 116 Å². The minimum atomic E-state index is -1.41. The standard InChI is InChI=1S/C10H22N2O4/c1-3-4-9(2,11)8(16)12-10(5-13,6-14)7-15/h13-15H,3-7,11H2,1-2H3,(H,12,16). The molecule has 0 bridgehead atoms. The summed E-state index contributed by atoms with van der Waals surface area (Å²) in [7, 11) is 0. The zero-order valence-corrected chi connectivity index (χ0v) is 9.86. The third-order valence-electron chi connectivity index (χ3n) is 2.57. The zero-order valence-electron chi connectivity index (χ0n) is 9.86. The van der Waals surface area contributed by atoms with Crippen LogP contribution in [-0.2, 0) is 4.79 Å². The summed E-state index contributed by atoms with van der Waals surface area (Å²) in [6.45, 7) is 1.83. The van der Waals surface area contributed by atoms with Gasteiger partial charge in [-0.25, -0.2) is 0 Å². The predicted molar refractivity (Wildman–Crippen MR) is 59.6 cm³/mol. The summed E-state index contributed by atoms with van der Waals surface area (Å²) in [5.74, 6) is -0.494. The van der Waals surface area contributed by atoms with E-state index < -0.39 is 36.8 Å². The monoisotopic (exact) mass is 234 g/mol. The Morgan fingerprint density at radius 2 is 1.69 bits per heavy atom. The second kappa shape index (κ2) is 6.15. The first-order valence-corrected chi connectivity index (χ1v) is 5.31. The molecule has 0 saturated carbocycles. The van der Waals surface area contributed by atoms with Crippen LogP contribution in [0.2, 0.25) is 0 Å². The Kier molecular flexibility index (Phi) is 5.88. The van der Waals surface area contributed by atoms with Gasteiger partial charge in [-0.15, -0.1) is 0 Å². The number of hydrogen-bond donors (Lipinski definition) is 5. The van der Waals surface area contributed by atoms with Crippen molar-refractivity contribution in [2.24, 2.45) is 5.73 Å². The van der Waals surface area contributed by atoms with Gasteiger partial charge in [-0.1, -0.05) is 13.3 Å². The molecule has 0 heterocycles. The van der Waals surface area contributed by atoms with E-state index in [1.165, 1.54) is 0 Å². The number of nitrogens with one attached hydrogen (secondary N) is 1. The molecular weight excluding hydrogens is 212 g/mol. The fourth-order valence-electron chi connectivity index (χ4n) is 1.29. The molecule has 96 valence electrons. The lowest BCUT2D eigenvalue weighted by Gasteiger charge is -2.33. The lowest BCUT2D eigenvalue weighted by molar-refractivity contribution is -0.130. The molecule has 6 heteroatoms. The van der Waals surface area contributed by atoms with E-state index in [-0.39, 0.29) is 0 Å². The SMILES string of the molecule is CCCC(C)(N)C(=O)NC(CO)(CO)CO.